The van der Waals surface area contributed by atoms with Gasteiger partial charge < -0.3 is 0 Å². The van der Waals surface area contributed by atoms with E-state index in [0.29, 0.717) is 39.2 Å². The van der Waals surface area contributed by atoms with Crippen LogP contribution in [0.1, 0.15) is 6.92 Å². The molecule has 4 aromatic rings. The number of nitrogens with zero attached hydrogens (tertiary/aromatic N) is 2. The van der Waals surface area contributed by atoms with Crippen LogP contribution < -0.4 is 4.72 Å². The number of halogens is 1. The SMILES string of the molecule is CCS(=O)(=O)Nc1ccccc1-c1ccc(-c2cnc3[nH]c#cc3n2)c(F)c1. The molecule has 140 valence electrons. The van der Waals surface area contributed by atoms with Gasteiger partial charge in [-0.15, -0.1) is 0 Å². The van der Waals surface area contributed by atoms with E-state index in [0.717, 1.165) is 0 Å². The molecule has 2 N–H and O–H groups in total. The van der Waals surface area contributed by atoms with Gasteiger partial charge in [0, 0.05) is 17.3 Å². The van der Waals surface area contributed by atoms with E-state index in [2.05, 4.69) is 31.9 Å². The number of benzene rings is 2. The van der Waals surface area contributed by atoms with E-state index in [1.165, 1.54) is 12.3 Å². The summed E-state index contributed by atoms with van der Waals surface area (Å²) in [5.74, 6) is -0.539. The molecule has 0 saturated carbocycles. The van der Waals surface area contributed by atoms with Gasteiger partial charge in [0.15, 0.2) is 11.2 Å². The molecule has 0 atom stereocenters. The molecule has 4 rings (SSSR count). The van der Waals surface area contributed by atoms with Crippen molar-refractivity contribution < 1.29 is 12.8 Å². The van der Waals surface area contributed by atoms with Crippen LogP contribution >= 0.6 is 0 Å². The van der Waals surface area contributed by atoms with Crippen molar-refractivity contribution in [2.45, 2.75) is 6.92 Å². The number of rotatable bonds is 5. The molecule has 0 amide bonds. The van der Waals surface area contributed by atoms with Crippen LogP contribution in [-0.2, 0) is 10.0 Å². The molecular formula is C20H15FN4O2S. The van der Waals surface area contributed by atoms with Crippen LogP contribution in [0.25, 0.3) is 33.5 Å². The fourth-order valence-electron chi connectivity index (χ4n) is 2.80. The van der Waals surface area contributed by atoms with Crippen molar-refractivity contribution in [3.05, 3.63) is 66.7 Å². The van der Waals surface area contributed by atoms with Crippen LogP contribution in [0.4, 0.5) is 10.1 Å². The minimum atomic E-state index is -3.45. The number of nitrogens with one attached hydrogen (secondary N) is 2. The van der Waals surface area contributed by atoms with Crippen molar-refractivity contribution in [2.24, 2.45) is 0 Å². The molecule has 2 heterocycles. The van der Waals surface area contributed by atoms with Gasteiger partial charge in [0.25, 0.3) is 0 Å². The van der Waals surface area contributed by atoms with Gasteiger partial charge in [-0.1, -0.05) is 24.3 Å². The van der Waals surface area contributed by atoms with Crippen molar-refractivity contribution >= 4 is 26.9 Å². The van der Waals surface area contributed by atoms with Crippen LogP contribution in [0.5, 0.6) is 0 Å². The van der Waals surface area contributed by atoms with Crippen molar-refractivity contribution in [1.29, 1.82) is 0 Å². The highest BCUT2D eigenvalue weighted by Gasteiger charge is 2.14. The third-order valence-electron chi connectivity index (χ3n) is 4.26. The van der Waals surface area contributed by atoms with Gasteiger partial charge in [0.1, 0.15) is 5.82 Å². The Morgan fingerprint density at radius 3 is 2.79 bits per heavy atom. The first-order chi connectivity index (χ1) is 13.5. The fourth-order valence-corrected chi connectivity index (χ4v) is 3.46. The number of hydrogen-bond donors (Lipinski definition) is 2. The number of fused-ring (bicyclic) bond motifs is 1. The normalized spacial score (nSPS) is 11.4. The monoisotopic (exact) mass is 394 g/mol. The summed E-state index contributed by atoms with van der Waals surface area (Å²) in [4.78, 5) is 11.3. The zero-order chi connectivity index (χ0) is 19.7. The van der Waals surface area contributed by atoms with E-state index in [9.17, 15) is 12.8 Å². The molecule has 2 aromatic heterocycles. The number of sulfonamides is 1. The average Bonchev–Trinajstić information content (AvgIpc) is 3.16. The van der Waals surface area contributed by atoms with Gasteiger partial charge in [0.2, 0.25) is 10.0 Å². The second-order valence-corrected chi connectivity index (χ2v) is 8.08. The third kappa shape index (κ3) is 3.40. The molecule has 2 aromatic carbocycles. The predicted octanol–water partition coefficient (Wildman–Crippen LogP) is 3.79. The van der Waals surface area contributed by atoms with Crippen LogP contribution in [-0.4, -0.2) is 29.1 Å². The highest BCUT2D eigenvalue weighted by atomic mass is 32.2. The number of para-hydroxylation sites is 1. The summed E-state index contributed by atoms with van der Waals surface area (Å²) in [6, 6.07) is 14.3. The standard InChI is InChI=1S/C20H15FN4O2S/c1-2-28(26,27)25-17-6-4-3-5-14(17)13-7-8-15(16(21)11-13)19-12-23-20-18(24-19)9-10-22-20/h3-8,11-12,25H,2H2,1H3,(H,22,23). The van der Waals surface area contributed by atoms with E-state index in [1.807, 2.05) is 0 Å². The lowest BCUT2D eigenvalue weighted by atomic mass is 10.0. The van der Waals surface area contributed by atoms with Gasteiger partial charge in [-0.3, -0.25) is 9.71 Å². The lowest BCUT2D eigenvalue weighted by Gasteiger charge is -2.13. The molecule has 0 aliphatic carbocycles. The summed E-state index contributed by atoms with van der Waals surface area (Å²) in [6.07, 6.45) is 4.14. The molecule has 0 aliphatic heterocycles. The molecule has 0 aliphatic rings. The first kappa shape index (κ1) is 17.9. The topological polar surface area (TPSA) is 87.7 Å². The number of hydrogen-bond acceptors (Lipinski definition) is 4. The zero-order valence-corrected chi connectivity index (χ0v) is 15.6. The smallest absolute Gasteiger partial charge is 0.232 e. The van der Waals surface area contributed by atoms with Crippen LogP contribution in [0, 0.1) is 18.1 Å². The van der Waals surface area contributed by atoms with E-state index in [4.69, 9.17) is 0 Å². The van der Waals surface area contributed by atoms with E-state index in [1.54, 1.807) is 43.3 Å². The fraction of sp³-hybridized carbons (Fsp3) is 0.100. The number of H-pyrrole nitrogens is 1. The quantitative estimate of drug-likeness (QED) is 0.539. The summed E-state index contributed by atoms with van der Waals surface area (Å²) in [6.45, 7) is 1.55. The number of aromatic nitrogens is 3. The summed E-state index contributed by atoms with van der Waals surface area (Å²) in [7, 11) is -3.45. The second kappa shape index (κ2) is 6.94. The Morgan fingerprint density at radius 1 is 1.18 bits per heavy atom. The van der Waals surface area contributed by atoms with Gasteiger partial charge in [-0.05, 0) is 36.8 Å². The molecule has 0 saturated heterocycles. The van der Waals surface area contributed by atoms with E-state index < -0.39 is 15.8 Å². The highest BCUT2D eigenvalue weighted by molar-refractivity contribution is 7.92. The molecule has 0 unspecified atom stereocenters. The molecule has 8 heteroatoms. The molecule has 28 heavy (non-hydrogen) atoms. The van der Waals surface area contributed by atoms with Crippen LogP contribution in [0.3, 0.4) is 0 Å². The number of anilines is 1. The first-order valence-electron chi connectivity index (χ1n) is 8.51. The maximum Gasteiger partial charge on any atom is 0.232 e. The summed E-state index contributed by atoms with van der Waals surface area (Å²) < 4.78 is 41.3. The lowest BCUT2D eigenvalue weighted by molar-refractivity contribution is 0.602. The average molecular weight is 394 g/mol. The Bertz CT molecular complexity index is 1270. The second-order valence-electron chi connectivity index (χ2n) is 6.07. The van der Waals surface area contributed by atoms with Crippen molar-refractivity contribution in [2.75, 3.05) is 10.5 Å². The maximum atomic E-state index is 14.9. The van der Waals surface area contributed by atoms with Crippen LogP contribution in [0.2, 0.25) is 0 Å². The molecule has 6 nitrogen and oxygen atoms in total. The third-order valence-corrected chi connectivity index (χ3v) is 5.55. The Kier molecular flexibility index (Phi) is 4.45. The maximum absolute atomic E-state index is 14.9. The van der Waals surface area contributed by atoms with E-state index in [-0.39, 0.29) is 5.75 Å². The first-order valence-corrected chi connectivity index (χ1v) is 10.2. The lowest BCUT2D eigenvalue weighted by Crippen LogP contribution is -2.15. The van der Waals surface area contributed by atoms with Gasteiger partial charge in [0.05, 0.1) is 23.3 Å². The minimum absolute atomic E-state index is 0.0522. The molecule has 0 fully saturated rings. The van der Waals surface area contributed by atoms with Gasteiger partial charge >= 0.3 is 0 Å². The predicted molar refractivity (Wildman–Crippen MR) is 105 cm³/mol. The van der Waals surface area contributed by atoms with Crippen LogP contribution in [0.15, 0.2) is 48.7 Å². The largest absolute Gasteiger partial charge is 0.297 e. The summed E-state index contributed by atoms with van der Waals surface area (Å²) in [5, 5.41) is 0. The summed E-state index contributed by atoms with van der Waals surface area (Å²) >= 11 is 0. The molecule has 0 spiro atoms. The Balaban J connectivity index is 1.74. The highest BCUT2D eigenvalue weighted by Crippen LogP contribution is 2.32. The van der Waals surface area contributed by atoms with Gasteiger partial charge in [-0.25, -0.2) is 22.8 Å². The van der Waals surface area contributed by atoms with Crippen molar-refractivity contribution in [3.63, 3.8) is 0 Å². The zero-order valence-electron chi connectivity index (χ0n) is 14.8. The number of aromatic amines is 1. The molecule has 0 bridgehead atoms. The van der Waals surface area contributed by atoms with E-state index >= 15 is 0 Å². The Morgan fingerprint density at radius 2 is 2.00 bits per heavy atom. The Labute approximate surface area is 161 Å². The van der Waals surface area contributed by atoms with Gasteiger partial charge in [-0.2, -0.15) is 0 Å². The van der Waals surface area contributed by atoms with Crippen molar-refractivity contribution in [3.8, 4) is 22.4 Å². The molecule has 0 radical (unpaired) electrons. The minimum Gasteiger partial charge on any atom is -0.297 e. The van der Waals surface area contributed by atoms with Crippen molar-refractivity contribution in [1.82, 2.24) is 15.0 Å². The summed E-state index contributed by atoms with van der Waals surface area (Å²) in [5.41, 5.74) is 3.19. The Hall–Kier alpha value is -3.44. The molecular weight excluding hydrogens is 379 g/mol.